The lowest BCUT2D eigenvalue weighted by atomic mass is 9.82. The van der Waals surface area contributed by atoms with Gasteiger partial charge in [0.25, 0.3) is 5.91 Å². The molecule has 0 saturated heterocycles. The smallest absolute Gasteiger partial charge is 0.258 e. The van der Waals surface area contributed by atoms with E-state index in [0.29, 0.717) is 41.2 Å². The Kier molecular flexibility index (Phi) is 5.43. The highest BCUT2D eigenvalue weighted by Gasteiger charge is 2.28. The summed E-state index contributed by atoms with van der Waals surface area (Å²) < 4.78 is 10.4. The lowest BCUT2D eigenvalue weighted by molar-refractivity contribution is 0.0962. The van der Waals surface area contributed by atoms with Crippen molar-refractivity contribution in [3.8, 4) is 11.5 Å². The number of amides is 1. The van der Waals surface area contributed by atoms with Crippen LogP contribution in [-0.2, 0) is 6.42 Å². The number of carbonyl (C=O) groups is 2. The maximum Gasteiger partial charge on any atom is 0.258 e. The molecule has 3 aromatic rings. The molecular formula is C23H21N3O4. The summed E-state index contributed by atoms with van der Waals surface area (Å²) in [5.74, 6) is 0.841. The first-order valence-electron chi connectivity index (χ1n) is 9.56. The van der Waals surface area contributed by atoms with Crippen molar-refractivity contribution in [2.75, 3.05) is 19.5 Å². The van der Waals surface area contributed by atoms with Gasteiger partial charge < -0.3 is 9.47 Å². The number of rotatable bonds is 5. The lowest BCUT2D eigenvalue weighted by Crippen LogP contribution is -2.22. The van der Waals surface area contributed by atoms with Crippen molar-refractivity contribution in [1.82, 2.24) is 9.97 Å². The molecule has 1 unspecified atom stereocenters. The van der Waals surface area contributed by atoms with E-state index in [9.17, 15) is 9.59 Å². The van der Waals surface area contributed by atoms with Gasteiger partial charge in [0.1, 0.15) is 11.5 Å². The third-order valence-electron chi connectivity index (χ3n) is 5.15. The van der Waals surface area contributed by atoms with Gasteiger partial charge in [0.2, 0.25) is 5.95 Å². The number of hydrogen-bond donors (Lipinski definition) is 1. The molecule has 0 spiro atoms. The van der Waals surface area contributed by atoms with E-state index in [4.69, 9.17) is 9.47 Å². The topological polar surface area (TPSA) is 90.4 Å². The van der Waals surface area contributed by atoms with Gasteiger partial charge in [-0.1, -0.05) is 30.3 Å². The van der Waals surface area contributed by atoms with Crippen LogP contribution >= 0.6 is 0 Å². The summed E-state index contributed by atoms with van der Waals surface area (Å²) in [6.07, 6.45) is 2.53. The fourth-order valence-corrected chi connectivity index (χ4v) is 3.58. The summed E-state index contributed by atoms with van der Waals surface area (Å²) in [5, 5.41) is 2.70. The zero-order valence-corrected chi connectivity index (χ0v) is 16.7. The Morgan fingerprint density at radius 1 is 1.03 bits per heavy atom. The Bertz CT molecular complexity index is 1080. The highest BCUT2D eigenvalue weighted by atomic mass is 16.5. The van der Waals surface area contributed by atoms with Crippen molar-refractivity contribution in [1.29, 1.82) is 0 Å². The lowest BCUT2D eigenvalue weighted by Gasteiger charge is -2.23. The summed E-state index contributed by atoms with van der Waals surface area (Å²) in [7, 11) is 3.03. The largest absolute Gasteiger partial charge is 0.497 e. The SMILES string of the molecule is COc1cc(OC)cc(C(=O)Nc2ncc3c(n2)CC(c2ccccc2)CC3=O)c1. The number of anilines is 1. The first-order chi connectivity index (χ1) is 14.6. The summed E-state index contributed by atoms with van der Waals surface area (Å²) in [5.41, 5.74) is 2.62. The van der Waals surface area contributed by atoms with Gasteiger partial charge in [-0.05, 0) is 30.0 Å². The standard InChI is InChI=1S/C23H21N3O4/c1-29-17-8-16(9-18(12-17)30-2)22(28)26-23-24-13-19-20(25-23)10-15(11-21(19)27)14-6-4-3-5-7-14/h3-9,12-13,15H,10-11H2,1-2H3,(H,24,25,26,28). The van der Waals surface area contributed by atoms with Crippen molar-refractivity contribution in [3.63, 3.8) is 0 Å². The summed E-state index contributed by atoms with van der Waals surface area (Å²) >= 11 is 0. The van der Waals surface area contributed by atoms with Crippen molar-refractivity contribution in [3.05, 3.63) is 77.1 Å². The molecule has 0 bridgehead atoms. The van der Waals surface area contributed by atoms with Gasteiger partial charge in [-0.25, -0.2) is 9.97 Å². The van der Waals surface area contributed by atoms with Crippen molar-refractivity contribution in [2.24, 2.45) is 0 Å². The van der Waals surface area contributed by atoms with E-state index in [1.165, 1.54) is 20.4 Å². The molecule has 0 saturated carbocycles. The van der Waals surface area contributed by atoms with E-state index in [0.717, 1.165) is 5.56 Å². The van der Waals surface area contributed by atoms with E-state index in [1.807, 2.05) is 30.3 Å². The zero-order valence-electron chi connectivity index (χ0n) is 16.7. The van der Waals surface area contributed by atoms with Crippen molar-refractivity contribution >= 4 is 17.6 Å². The average Bonchev–Trinajstić information content (AvgIpc) is 2.79. The number of nitrogens with zero attached hydrogens (tertiary/aromatic N) is 2. The first kappa shape index (κ1) is 19.6. The minimum absolute atomic E-state index is 0.0144. The van der Waals surface area contributed by atoms with Crippen LogP contribution < -0.4 is 14.8 Å². The second kappa shape index (κ2) is 8.32. The van der Waals surface area contributed by atoms with Gasteiger partial charge in [-0.2, -0.15) is 0 Å². The number of nitrogens with one attached hydrogen (secondary N) is 1. The number of aromatic nitrogens is 2. The minimum Gasteiger partial charge on any atom is -0.497 e. The van der Waals surface area contributed by atoms with Gasteiger partial charge in [-0.15, -0.1) is 0 Å². The molecule has 0 fully saturated rings. The molecule has 0 radical (unpaired) electrons. The molecule has 7 nitrogen and oxygen atoms in total. The number of fused-ring (bicyclic) bond motifs is 1. The van der Waals surface area contributed by atoms with Gasteiger partial charge in [0, 0.05) is 24.2 Å². The van der Waals surface area contributed by atoms with Gasteiger partial charge in [-0.3, -0.25) is 14.9 Å². The van der Waals surface area contributed by atoms with Gasteiger partial charge in [0.15, 0.2) is 5.78 Å². The molecule has 1 amide bonds. The minimum atomic E-state index is -0.395. The fourth-order valence-electron chi connectivity index (χ4n) is 3.58. The molecule has 1 heterocycles. The van der Waals surface area contributed by atoms with Crippen LogP contribution in [0.2, 0.25) is 0 Å². The van der Waals surface area contributed by atoms with E-state index in [2.05, 4.69) is 15.3 Å². The fraction of sp³-hybridized carbons (Fsp3) is 0.217. The number of benzene rings is 2. The molecule has 1 aliphatic carbocycles. The third kappa shape index (κ3) is 4.00. The molecule has 0 aliphatic heterocycles. The average molecular weight is 403 g/mol. The molecule has 1 atom stereocenters. The summed E-state index contributed by atoms with van der Waals surface area (Å²) in [6, 6.07) is 14.8. The third-order valence-corrected chi connectivity index (χ3v) is 5.15. The summed E-state index contributed by atoms with van der Waals surface area (Å²) in [4.78, 5) is 33.9. The second-order valence-corrected chi connectivity index (χ2v) is 7.05. The molecular weight excluding hydrogens is 382 g/mol. The molecule has 2 aromatic carbocycles. The second-order valence-electron chi connectivity index (χ2n) is 7.05. The highest BCUT2D eigenvalue weighted by Crippen LogP contribution is 2.32. The molecule has 4 rings (SSSR count). The van der Waals surface area contributed by atoms with Crippen LogP contribution in [0.25, 0.3) is 0 Å². The van der Waals surface area contributed by atoms with Crippen LogP contribution in [0, 0.1) is 0 Å². The molecule has 1 aliphatic rings. The van der Waals surface area contributed by atoms with Crippen molar-refractivity contribution in [2.45, 2.75) is 18.8 Å². The number of carbonyl (C=O) groups excluding carboxylic acids is 2. The number of ketones is 1. The maximum absolute atomic E-state index is 12.7. The first-order valence-corrected chi connectivity index (χ1v) is 9.56. The van der Waals surface area contributed by atoms with Crippen LogP contribution in [0.4, 0.5) is 5.95 Å². The number of hydrogen-bond acceptors (Lipinski definition) is 6. The molecule has 1 aromatic heterocycles. The highest BCUT2D eigenvalue weighted by molar-refractivity contribution is 6.04. The molecule has 1 N–H and O–H groups in total. The van der Waals surface area contributed by atoms with Gasteiger partial charge in [0.05, 0.1) is 25.5 Å². The van der Waals surface area contributed by atoms with E-state index >= 15 is 0 Å². The Morgan fingerprint density at radius 3 is 2.40 bits per heavy atom. The van der Waals surface area contributed by atoms with Crippen LogP contribution in [0.5, 0.6) is 11.5 Å². The number of methoxy groups -OCH3 is 2. The van der Waals surface area contributed by atoms with Crippen LogP contribution in [0.3, 0.4) is 0 Å². The monoisotopic (exact) mass is 403 g/mol. The zero-order chi connectivity index (χ0) is 21.1. The van der Waals surface area contributed by atoms with E-state index in [-0.39, 0.29) is 17.6 Å². The Balaban J connectivity index is 1.57. The maximum atomic E-state index is 12.7. The Hall–Kier alpha value is -3.74. The van der Waals surface area contributed by atoms with Crippen LogP contribution in [0.15, 0.2) is 54.7 Å². The molecule has 30 heavy (non-hydrogen) atoms. The Morgan fingerprint density at radius 2 is 1.73 bits per heavy atom. The predicted molar refractivity (Wildman–Crippen MR) is 111 cm³/mol. The predicted octanol–water partition coefficient (Wildman–Crippen LogP) is 3.66. The molecule has 7 heteroatoms. The molecule has 152 valence electrons. The summed E-state index contributed by atoms with van der Waals surface area (Å²) in [6.45, 7) is 0. The van der Waals surface area contributed by atoms with E-state index in [1.54, 1.807) is 18.2 Å². The number of ether oxygens (including phenoxy) is 2. The number of Topliss-reactive ketones (excluding diaryl/α,β-unsaturated/α-hetero) is 1. The Labute approximate surface area is 174 Å². The van der Waals surface area contributed by atoms with Gasteiger partial charge >= 0.3 is 0 Å². The van der Waals surface area contributed by atoms with E-state index < -0.39 is 5.91 Å². The van der Waals surface area contributed by atoms with Crippen LogP contribution in [0.1, 0.15) is 44.3 Å². The quantitative estimate of drug-likeness (QED) is 0.699. The van der Waals surface area contributed by atoms with Crippen molar-refractivity contribution < 1.29 is 19.1 Å². The normalized spacial score (nSPS) is 15.3. The van der Waals surface area contributed by atoms with Crippen LogP contribution in [-0.4, -0.2) is 35.9 Å².